The lowest BCUT2D eigenvalue weighted by Crippen LogP contribution is -2.47. The first-order valence-electron chi connectivity index (χ1n) is 6.91. The number of hydrogen-bond acceptors (Lipinski definition) is 5. The number of carbonyl (C=O) groups is 1. The number of non-ortho nitro benzene ring substituents is 1. The molecule has 1 aliphatic carbocycles. The number of hydrogen-bond donors (Lipinski definition) is 2. The molecule has 7 heteroatoms. The van der Waals surface area contributed by atoms with E-state index < -0.39 is 4.92 Å². The molecule has 1 aromatic carbocycles. The minimum absolute atomic E-state index is 0.0659. The highest BCUT2D eigenvalue weighted by Gasteiger charge is 2.31. The van der Waals surface area contributed by atoms with Gasteiger partial charge in [-0.05, 0) is 25.8 Å². The number of nitro groups is 1. The molecular formula is C14H19N3O4. The average molecular weight is 293 g/mol. The van der Waals surface area contributed by atoms with E-state index in [1.165, 1.54) is 12.1 Å². The molecule has 0 atom stereocenters. The van der Waals surface area contributed by atoms with Crippen molar-refractivity contribution in [1.82, 2.24) is 5.32 Å². The van der Waals surface area contributed by atoms with Gasteiger partial charge in [0, 0.05) is 37.5 Å². The Labute approximate surface area is 122 Å². The van der Waals surface area contributed by atoms with Gasteiger partial charge in [0.1, 0.15) is 0 Å². The molecule has 7 nitrogen and oxygen atoms in total. The van der Waals surface area contributed by atoms with Crippen LogP contribution in [0.3, 0.4) is 0 Å². The van der Waals surface area contributed by atoms with Gasteiger partial charge in [-0.2, -0.15) is 0 Å². The van der Waals surface area contributed by atoms with Crippen molar-refractivity contribution >= 4 is 17.3 Å². The summed E-state index contributed by atoms with van der Waals surface area (Å²) in [6.07, 6.45) is 1.73. The summed E-state index contributed by atoms with van der Waals surface area (Å²) in [7, 11) is 1.65. The van der Waals surface area contributed by atoms with E-state index in [2.05, 4.69) is 10.6 Å². The molecule has 114 valence electrons. The molecule has 0 saturated heterocycles. The number of carbonyl (C=O) groups excluding carboxylic acids is 1. The van der Waals surface area contributed by atoms with Gasteiger partial charge in [0.05, 0.1) is 16.6 Å². The Kier molecular flexibility index (Phi) is 4.74. The van der Waals surface area contributed by atoms with Gasteiger partial charge in [0.15, 0.2) is 0 Å². The van der Waals surface area contributed by atoms with Gasteiger partial charge in [-0.25, -0.2) is 0 Å². The lowest BCUT2D eigenvalue weighted by molar-refractivity contribution is -0.384. The van der Waals surface area contributed by atoms with Crippen molar-refractivity contribution in [3.05, 3.63) is 33.9 Å². The van der Waals surface area contributed by atoms with Crippen LogP contribution in [-0.4, -0.2) is 36.6 Å². The van der Waals surface area contributed by atoms with Crippen LogP contribution in [0.5, 0.6) is 0 Å². The molecule has 0 heterocycles. The number of benzene rings is 1. The average Bonchev–Trinajstić information content (AvgIpc) is 2.42. The van der Waals surface area contributed by atoms with Crippen LogP contribution in [0, 0.1) is 10.1 Å². The fourth-order valence-electron chi connectivity index (χ4n) is 2.32. The van der Waals surface area contributed by atoms with Crippen LogP contribution in [0.4, 0.5) is 11.4 Å². The lowest BCUT2D eigenvalue weighted by atomic mass is 9.89. The van der Waals surface area contributed by atoms with Crippen molar-refractivity contribution in [3.8, 4) is 0 Å². The van der Waals surface area contributed by atoms with Crippen LogP contribution in [0.15, 0.2) is 18.2 Å². The topological polar surface area (TPSA) is 93.5 Å². The fraction of sp³-hybridized carbons (Fsp3) is 0.500. The summed E-state index contributed by atoms with van der Waals surface area (Å²) in [6.45, 7) is 2.53. The maximum Gasteiger partial charge on any atom is 0.270 e. The minimum Gasteiger partial charge on any atom is -0.385 e. The van der Waals surface area contributed by atoms with E-state index in [-0.39, 0.29) is 23.7 Å². The minimum atomic E-state index is -0.503. The van der Waals surface area contributed by atoms with Crippen molar-refractivity contribution in [2.75, 3.05) is 19.0 Å². The van der Waals surface area contributed by atoms with Crippen molar-refractivity contribution in [2.24, 2.45) is 0 Å². The molecule has 2 N–H and O–H groups in total. The van der Waals surface area contributed by atoms with E-state index in [1.807, 2.05) is 6.92 Å². The number of nitrogens with zero attached hydrogens (tertiary/aromatic N) is 1. The second kappa shape index (κ2) is 6.53. The molecule has 0 bridgehead atoms. The van der Waals surface area contributed by atoms with E-state index >= 15 is 0 Å². The van der Waals surface area contributed by atoms with E-state index in [9.17, 15) is 14.9 Å². The first-order valence-corrected chi connectivity index (χ1v) is 6.91. The Morgan fingerprint density at radius 3 is 2.76 bits per heavy atom. The van der Waals surface area contributed by atoms with Crippen LogP contribution in [0.25, 0.3) is 0 Å². The summed E-state index contributed by atoms with van der Waals surface area (Å²) in [6, 6.07) is 4.32. The molecule has 1 saturated carbocycles. The number of rotatable bonds is 6. The Balaban J connectivity index is 2.13. The summed E-state index contributed by atoms with van der Waals surface area (Å²) < 4.78 is 5.16. The molecule has 21 heavy (non-hydrogen) atoms. The Morgan fingerprint density at radius 1 is 1.48 bits per heavy atom. The number of amides is 1. The lowest BCUT2D eigenvalue weighted by Gasteiger charge is -2.34. The maximum absolute atomic E-state index is 12.3. The first-order chi connectivity index (χ1) is 10.0. The highest BCUT2D eigenvalue weighted by atomic mass is 16.6. The summed E-state index contributed by atoms with van der Waals surface area (Å²) in [5.41, 5.74) is 0.806. The van der Waals surface area contributed by atoms with Crippen molar-refractivity contribution < 1.29 is 14.5 Å². The van der Waals surface area contributed by atoms with Gasteiger partial charge >= 0.3 is 0 Å². The van der Waals surface area contributed by atoms with Gasteiger partial charge in [-0.1, -0.05) is 0 Å². The largest absolute Gasteiger partial charge is 0.385 e. The van der Waals surface area contributed by atoms with Gasteiger partial charge in [-0.3, -0.25) is 14.9 Å². The second-order valence-electron chi connectivity index (χ2n) is 5.02. The molecule has 1 aliphatic rings. The predicted octanol–water partition coefficient (Wildman–Crippen LogP) is 1.93. The summed E-state index contributed by atoms with van der Waals surface area (Å²) in [5, 5.41) is 16.8. The molecule has 0 unspecified atom stereocenters. The van der Waals surface area contributed by atoms with Crippen LogP contribution in [-0.2, 0) is 4.74 Å². The summed E-state index contributed by atoms with van der Waals surface area (Å²) in [5.74, 6) is -0.297. The molecular weight excluding hydrogens is 274 g/mol. The highest BCUT2D eigenvalue weighted by Crippen LogP contribution is 2.25. The van der Waals surface area contributed by atoms with Gasteiger partial charge < -0.3 is 15.4 Å². The van der Waals surface area contributed by atoms with Crippen molar-refractivity contribution in [2.45, 2.75) is 31.9 Å². The number of nitrogens with one attached hydrogen (secondary N) is 2. The molecule has 0 radical (unpaired) electrons. The zero-order chi connectivity index (χ0) is 15.4. The van der Waals surface area contributed by atoms with Gasteiger partial charge in [0.2, 0.25) is 0 Å². The monoisotopic (exact) mass is 293 g/mol. The molecule has 0 aliphatic heterocycles. The van der Waals surface area contributed by atoms with Crippen LogP contribution in [0.1, 0.15) is 30.1 Å². The second-order valence-corrected chi connectivity index (χ2v) is 5.02. The Morgan fingerprint density at radius 2 is 2.19 bits per heavy atom. The number of ether oxygens (including phenoxy) is 1. The van der Waals surface area contributed by atoms with Crippen molar-refractivity contribution in [1.29, 1.82) is 0 Å². The molecule has 2 rings (SSSR count). The fourth-order valence-corrected chi connectivity index (χ4v) is 2.32. The van der Waals surface area contributed by atoms with Gasteiger partial charge in [-0.15, -0.1) is 0 Å². The van der Waals surface area contributed by atoms with E-state index in [0.717, 1.165) is 12.8 Å². The third-order valence-electron chi connectivity index (χ3n) is 3.59. The Bertz CT molecular complexity index is 541. The molecule has 0 aromatic heterocycles. The van der Waals surface area contributed by atoms with Crippen molar-refractivity contribution in [3.63, 3.8) is 0 Å². The molecule has 0 spiro atoms. The molecule has 1 fully saturated rings. The Hall–Kier alpha value is -2.15. The SMILES string of the molecule is CCNc1ccc([N+](=O)[O-])cc1C(=O)NC1CC(OC)C1. The van der Waals surface area contributed by atoms with Gasteiger partial charge in [0.25, 0.3) is 11.6 Å². The van der Waals surface area contributed by atoms with Crippen LogP contribution < -0.4 is 10.6 Å². The molecule has 1 aromatic rings. The zero-order valence-electron chi connectivity index (χ0n) is 12.1. The standard InChI is InChI=1S/C14H19N3O4/c1-3-15-13-5-4-10(17(19)20)8-12(13)14(18)16-9-6-11(7-9)21-2/h4-5,8-9,11,15H,3,6-7H2,1-2H3,(H,16,18). The number of anilines is 1. The quantitative estimate of drug-likeness (QED) is 0.617. The van der Waals surface area contributed by atoms with E-state index in [4.69, 9.17) is 4.74 Å². The zero-order valence-corrected chi connectivity index (χ0v) is 12.1. The number of nitro benzene ring substituents is 1. The molecule has 1 amide bonds. The maximum atomic E-state index is 12.3. The first kappa shape index (κ1) is 15.2. The predicted molar refractivity (Wildman–Crippen MR) is 78.5 cm³/mol. The highest BCUT2D eigenvalue weighted by molar-refractivity contribution is 6.00. The third kappa shape index (κ3) is 3.49. The van der Waals surface area contributed by atoms with Crippen LogP contribution >= 0.6 is 0 Å². The number of methoxy groups -OCH3 is 1. The normalized spacial score (nSPS) is 20.5. The van der Waals surface area contributed by atoms with E-state index in [1.54, 1.807) is 13.2 Å². The van der Waals surface area contributed by atoms with E-state index in [0.29, 0.717) is 17.8 Å². The third-order valence-corrected chi connectivity index (χ3v) is 3.59. The smallest absolute Gasteiger partial charge is 0.270 e. The summed E-state index contributed by atoms with van der Waals surface area (Å²) in [4.78, 5) is 22.6. The van der Waals surface area contributed by atoms with Crippen LogP contribution in [0.2, 0.25) is 0 Å². The summed E-state index contributed by atoms with van der Waals surface area (Å²) >= 11 is 0.